The molecular weight excluding hydrogens is 328 g/mol. The normalized spacial score (nSPS) is 49.9. The lowest BCUT2D eigenvalue weighted by molar-refractivity contribution is -0.191. The Kier molecular flexibility index (Phi) is 3.88. The van der Waals surface area contributed by atoms with Crippen LogP contribution in [0.3, 0.4) is 0 Å². The van der Waals surface area contributed by atoms with Crippen LogP contribution in [0.1, 0.15) is 72.1 Å². The van der Waals surface area contributed by atoms with Crippen molar-refractivity contribution in [2.24, 2.45) is 34.0 Å². The smallest absolute Gasteiger partial charge is 0.309 e. The molecule has 0 aromatic rings. The molecule has 1 N–H and O–H groups in total. The second-order valence-corrected chi connectivity index (χ2v) is 10.1. The number of hydrogen-bond donors (Lipinski definition) is 1. The molecule has 4 nitrogen and oxygen atoms in total. The molecule has 7 unspecified atom stereocenters. The number of carboxylic acids is 1. The third-order valence-corrected chi connectivity index (χ3v) is 8.90. The van der Waals surface area contributed by atoms with E-state index >= 15 is 0 Å². The summed E-state index contributed by atoms with van der Waals surface area (Å²) in [6.45, 7) is 10.1. The number of aliphatic carboxylic acids is 1. The van der Waals surface area contributed by atoms with Crippen molar-refractivity contribution in [3.05, 3.63) is 12.2 Å². The van der Waals surface area contributed by atoms with Crippen LogP contribution in [0.4, 0.5) is 0 Å². The molecule has 2 bridgehead atoms. The predicted molar refractivity (Wildman–Crippen MR) is 98.4 cm³/mol. The van der Waals surface area contributed by atoms with Gasteiger partial charge < -0.3 is 9.84 Å². The Labute approximate surface area is 156 Å². The van der Waals surface area contributed by atoms with Crippen LogP contribution in [-0.2, 0) is 14.3 Å². The van der Waals surface area contributed by atoms with E-state index in [-0.39, 0.29) is 28.8 Å². The Morgan fingerprint density at radius 2 is 1.92 bits per heavy atom. The van der Waals surface area contributed by atoms with Crippen molar-refractivity contribution in [3.8, 4) is 0 Å². The average Bonchev–Trinajstić information content (AvgIpc) is 2.81. The summed E-state index contributed by atoms with van der Waals surface area (Å²) < 4.78 is 5.75. The van der Waals surface area contributed by atoms with Crippen molar-refractivity contribution in [2.45, 2.75) is 78.2 Å². The van der Waals surface area contributed by atoms with Crippen LogP contribution in [0.15, 0.2) is 12.2 Å². The molecule has 26 heavy (non-hydrogen) atoms. The summed E-state index contributed by atoms with van der Waals surface area (Å²) in [5.41, 5.74) is 0.883. The number of fused-ring (bicyclic) bond motifs is 3. The van der Waals surface area contributed by atoms with E-state index in [0.717, 1.165) is 51.4 Å². The molecule has 4 heteroatoms. The number of rotatable bonds is 2. The fraction of sp³-hybridized carbons (Fsp3) is 0.818. The van der Waals surface area contributed by atoms with Crippen molar-refractivity contribution in [1.29, 1.82) is 0 Å². The Balaban J connectivity index is 1.74. The number of carboxylic acid groups (broad SMARTS) is 1. The Hall–Kier alpha value is -1.32. The molecule has 4 fully saturated rings. The molecule has 4 aliphatic carbocycles. The first-order chi connectivity index (χ1) is 12.1. The molecule has 4 saturated carbocycles. The highest BCUT2D eigenvalue weighted by Gasteiger charge is 2.66. The third-order valence-electron chi connectivity index (χ3n) is 8.90. The molecule has 0 aromatic carbocycles. The molecule has 0 aromatic heterocycles. The van der Waals surface area contributed by atoms with E-state index in [1.165, 1.54) is 12.5 Å². The molecule has 7 atom stereocenters. The molecule has 0 amide bonds. The maximum absolute atomic E-state index is 12.2. The predicted octanol–water partition coefficient (Wildman–Crippen LogP) is 4.58. The fourth-order valence-corrected chi connectivity index (χ4v) is 7.89. The van der Waals surface area contributed by atoms with Gasteiger partial charge in [0, 0.05) is 12.8 Å². The van der Waals surface area contributed by atoms with Crippen LogP contribution in [0.25, 0.3) is 0 Å². The minimum atomic E-state index is -0.634. The number of carbonyl (C=O) groups excluding carboxylic acids is 1. The summed E-state index contributed by atoms with van der Waals surface area (Å²) in [4.78, 5) is 23.8. The van der Waals surface area contributed by atoms with Crippen molar-refractivity contribution >= 4 is 11.9 Å². The first-order valence-electron chi connectivity index (χ1n) is 10.2. The van der Waals surface area contributed by atoms with Crippen LogP contribution in [0.2, 0.25) is 0 Å². The van der Waals surface area contributed by atoms with Gasteiger partial charge in [0.15, 0.2) is 0 Å². The van der Waals surface area contributed by atoms with Gasteiger partial charge in [-0.25, -0.2) is 0 Å². The third kappa shape index (κ3) is 2.26. The lowest BCUT2D eigenvalue weighted by Gasteiger charge is -2.63. The van der Waals surface area contributed by atoms with Gasteiger partial charge in [0.25, 0.3) is 0 Å². The van der Waals surface area contributed by atoms with Gasteiger partial charge in [-0.3, -0.25) is 9.59 Å². The van der Waals surface area contributed by atoms with E-state index in [0.29, 0.717) is 11.8 Å². The first kappa shape index (κ1) is 18.1. The summed E-state index contributed by atoms with van der Waals surface area (Å²) in [6.07, 6.45) is 7.87. The minimum absolute atomic E-state index is 0.0115. The van der Waals surface area contributed by atoms with Gasteiger partial charge in [0.1, 0.15) is 6.10 Å². The molecule has 0 radical (unpaired) electrons. The van der Waals surface area contributed by atoms with Crippen LogP contribution < -0.4 is 0 Å². The van der Waals surface area contributed by atoms with Gasteiger partial charge >= 0.3 is 11.9 Å². The maximum atomic E-state index is 12.2. The Bertz CT molecular complexity index is 669. The monoisotopic (exact) mass is 360 g/mol. The summed E-state index contributed by atoms with van der Waals surface area (Å²) in [5.74, 6) is 0.0850. The van der Waals surface area contributed by atoms with Gasteiger partial charge in [-0.2, -0.15) is 0 Å². The van der Waals surface area contributed by atoms with E-state index in [1.807, 2.05) is 6.92 Å². The molecule has 4 rings (SSSR count). The minimum Gasteiger partial charge on any atom is -0.481 e. The molecule has 1 spiro atoms. The van der Waals surface area contributed by atoms with Gasteiger partial charge in [0.2, 0.25) is 0 Å². The molecule has 0 aliphatic heterocycles. The number of carbonyl (C=O) groups is 2. The van der Waals surface area contributed by atoms with Crippen molar-refractivity contribution in [3.63, 3.8) is 0 Å². The molecule has 144 valence electrons. The van der Waals surface area contributed by atoms with Gasteiger partial charge in [-0.1, -0.05) is 25.5 Å². The van der Waals surface area contributed by atoms with E-state index in [9.17, 15) is 14.7 Å². The summed E-state index contributed by atoms with van der Waals surface area (Å²) in [5, 5.41) is 10.0. The zero-order valence-corrected chi connectivity index (χ0v) is 16.3. The van der Waals surface area contributed by atoms with Gasteiger partial charge in [-0.15, -0.1) is 0 Å². The Morgan fingerprint density at radius 3 is 2.58 bits per heavy atom. The second kappa shape index (κ2) is 5.59. The SMILES string of the molecule is C=C1CC23CCC4C(C)(C(=O)O)CCCC4(C)C2CC(OC(C)=O)C1C3. The van der Waals surface area contributed by atoms with Crippen LogP contribution >= 0.6 is 0 Å². The van der Waals surface area contributed by atoms with E-state index in [4.69, 9.17) is 4.74 Å². The number of ether oxygens (including phenoxy) is 1. The van der Waals surface area contributed by atoms with Crippen molar-refractivity contribution < 1.29 is 19.4 Å². The van der Waals surface area contributed by atoms with Gasteiger partial charge in [-0.05, 0) is 74.5 Å². The van der Waals surface area contributed by atoms with Crippen LogP contribution in [0.5, 0.6) is 0 Å². The van der Waals surface area contributed by atoms with Gasteiger partial charge in [0.05, 0.1) is 5.41 Å². The summed E-state index contributed by atoms with van der Waals surface area (Å²) in [7, 11) is 0. The topological polar surface area (TPSA) is 63.6 Å². The first-order valence-corrected chi connectivity index (χ1v) is 10.2. The molecule has 0 saturated heterocycles. The molecular formula is C22H32O4. The summed E-state index contributed by atoms with van der Waals surface area (Å²) >= 11 is 0. The zero-order chi connectivity index (χ0) is 18.9. The highest BCUT2D eigenvalue weighted by Crippen LogP contribution is 2.72. The molecule has 0 heterocycles. The highest BCUT2D eigenvalue weighted by atomic mass is 16.5. The molecule has 4 aliphatic rings. The van der Waals surface area contributed by atoms with E-state index in [1.54, 1.807) is 0 Å². The lowest BCUT2D eigenvalue weighted by Crippen LogP contribution is -2.59. The average molecular weight is 360 g/mol. The lowest BCUT2D eigenvalue weighted by atomic mass is 9.41. The highest BCUT2D eigenvalue weighted by molar-refractivity contribution is 5.75. The fourth-order valence-electron chi connectivity index (χ4n) is 7.89. The van der Waals surface area contributed by atoms with Crippen molar-refractivity contribution in [2.75, 3.05) is 0 Å². The number of esters is 1. The Morgan fingerprint density at radius 1 is 1.19 bits per heavy atom. The van der Waals surface area contributed by atoms with E-state index < -0.39 is 11.4 Å². The van der Waals surface area contributed by atoms with Crippen molar-refractivity contribution in [1.82, 2.24) is 0 Å². The largest absolute Gasteiger partial charge is 0.481 e. The maximum Gasteiger partial charge on any atom is 0.309 e. The summed E-state index contributed by atoms with van der Waals surface area (Å²) in [6, 6.07) is 0. The quantitative estimate of drug-likeness (QED) is 0.578. The van der Waals surface area contributed by atoms with Crippen LogP contribution in [-0.4, -0.2) is 23.1 Å². The van der Waals surface area contributed by atoms with Crippen LogP contribution in [0, 0.1) is 34.0 Å². The van der Waals surface area contributed by atoms with E-state index in [2.05, 4.69) is 13.5 Å². The standard InChI is InChI=1S/C22H32O4/c1-13-11-22-9-6-17-20(3,7-5-8-21(17,4)19(24)25)18(22)10-16(15(13)12-22)26-14(2)23/h15-18H,1,5-12H2,2-4H3,(H,24,25). The number of hydrogen-bond acceptors (Lipinski definition) is 3. The zero-order valence-electron chi connectivity index (χ0n) is 16.3. The second-order valence-electron chi connectivity index (χ2n) is 10.1.